The highest BCUT2D eigenvalue weighted by Gasteiger charge is 2.37. The number of nitrogens with zero attached hydrogens (tertiary/aromatic N) is 2. The van der Waals surface area contributed by atoms with Crippen molar-refractivity contribution in [3.8, 4) is 0 Å². The molecule has 1 atom stereocenters. The van der Waals surface area contributed by atoms with Crippen LogP contribution >= 0.6 is 35.0 Å². The molecule has 4 nitrogen and oxygen atoms in total. The summed E-state index contributed by atoms with van der Waals surface area (Å²) in [5.41, 5.74) is 0.441. The van der Waals surface area contributed by atoms with Crippen LogP contribution in [0, 0.1) is 0 Å². The lowest BCUT2D eigenvalue weighted by Crippen LogP contribution is -2.50. The van der Waals surface area contributed by atoms with Crippen LogP contribution in [0.15, 0.2) is 18.2 Å². The Balaban J connectivity index is 1.77. The fraction of sp³-hybridized carbons (Fsp3) is 0.500. The number of carbonyl (C=O) groups is 2. The summed E-state index contributed by atoms with van der Waals surface area (Å²) in [6.45, 7) is 2.14. The molecule has 7 heteroatoms. The average molecular weight is 373 g/mol. The Morgan fingerprint density at radius 3 is 2.35 bits per heavy atom. The van der Waals surface area contributed by atoms with Crippen LogP contribution in [-0.2, 0) is 4.79 Å². The molecule has 1 unspecified atom stereocenters. The molecule has 23 heavy (non-hydrogen) atoms. The van der Waals surface area contributed by atoms with Crippen molar-refractivity contribution in [1.82, 2.24) is 9.80 Å². The fourth-order valence-electron chi connectivity index (χ4n) is 3.10. The lowest BCUT2D eigenvalue weighted by atomic mass is 10.1. The number of rotatable bonds is 2. The average Bonchev–Trinajstić information content (AvgIpc) is 3.03. The highest BCUT2D eigenvalue weighted by atomic mass is 35.5. The van der Waals surface area contributed by atoms with Gasteiger partial charge < -0.3 is 9.80 Å². The molecule has 2 fully saturated rings. The van der Waals surface area contributed by atoms with Crippen LogP contribution in [0.25, 0.3) is 0 Å². The summed E-state index contributed by atoms with van der Waals surface area (Å²) in [6, 6.07) is 4.45. The summed E-state index contributed by atoms with van der Waals surface area (Å²) < 4.78 is 0. The number of benzene rings is 1. The Labute approximate surface area is 150 Å². The van der Waals surface area contributed by atoms with Crippen molar-refractivity contribution in [2.24, 2.45) is 0 Å². The third kappa shape index (κ3) is 3.78. The zero-order chi connectivity index (χ0) is 16.4. The van der Waals surface area contributed by atoms with Crippen molar-refractivity contribution >= 4 is 46.8 Å². The molecule has 2 saturated heterocycles. The molecule has 1 aromatic carbocycles. The first-order chi connectivity index (χ1) is 11.1. The Morgan fingerprint density at radius 1 is 1.04 bits per heavy atom. The number of hydrogen-bond acceptors (Lipinski definition) is 3. The Morgan fingerprint density at radius 2 is 1.70 bits per heavy atom. The fourth-order valence-corrected chi connectivity index (χ4v) is 4.53. The van der Waals surface area contributed by atoms with Gasteiger partial charge in [-0.15, -0.1) is 0 Å². The van der Waals surface area contributed by atoms with Crippen LogP contribution in [0.5, 0.6) is 0 Å². The summed E-state index contributed by atoms with van der Waals surface area (Å²) in [7, 11) is 0. The highest BCUT2D eigenvalue weighted by Crippen LogP contribution is 2.26. The minimum absolute atomic E-state index is 0.0734. The molecule has 1 aromatic rings. The van der Waals surface area contributed by atoms with Crippen LogP contribution in [0.4, 0.5) is 0 Å². The van der Waals surface area contributed by atoms with Gasteiger partial charge in [-0.3, -0.25) is 9.59 Å². The van der Waals surface area contributed by atoms with Gasteiger partial charge in [0.25, 0.3) is 5.91 Å². The van der Waals surface area contributed by atoms with E-state index in [0.29, 0.717) is 22.2 Å². The summed E-state index contributed by atoms with van der Waals surface area (Å²) in [5, 5.41) is 0.854. The first-order valence-corrected chi connectivity index (χ1v) is 9.61. The zero-order valence-corrected chi connectivity index (χ0v) is 15.0. The minimum atomic E-state index is -0.358. The van der Waals surface area contributed by atoms with Gasteiger partial charge in [-0.1, -0.05) is 23.2 Å². The predicted octanol–water partition coefficient (Wildman–Crippen LogP) is 3.17. The van der Waals surface area contributed by atoms with Gasteiger partial charge in [0, 0.05) is 46.7 Å². The first kappa shape index (κ1) is 16.9. The summed E-state index contributed by atoms with van der Waals surface area (Å²) >= 11 is 13.8. The van der Waals surface area contributed by atoms with Gasteiger partial charge in [0.05, 0.1) is 0 Å². The van der Waals surface area contributed by atoms with Crippen molar-refractivity contribution in [2.75, 3.05) is 31.1 Å². The van der Waals surface area contributed by atoms with Crippen molar-refractivity contribution in [3.63, 3.8) is 0 Å². The molecular formula is C16H18Cl2N2O2S. The highest BCUT2D eigenvalue weighted by molar-refractivity contribution is 7.99. The third-order valence-corrected chi connectivity index (χ3v) is 5.61. The van der Waals surface area contributed by atoms with Crippen molar-refractivity contribution in [3.05, 3.63) is 33.8 Å². The Bertz CT molecular complexity index is 600. The van der Waals surface area contributed by atoms with Gasteiger partial charge in [-0.25, -0.2) is 0 Å². The van der Waals surface area contributed by atoms with Gasteiger partial charge in [0.2, 0.25) is 5.91 Å². The number of halogens is 2. The minimum Gasteiger partial charge on any atom is -0.339 e. The monoisotopic (exact) mass is 372 g/mol. The van der Waals surface area contributed by atoms with Crippen LogP contribution < -0.4 is 0 Å². The molecule has 124 valence electrons. The number of carbonyl (C=O) groups excluding carboxylic acids is 2. The molecule has 0 aliphatic carbocycles. The molecule has 2 amide bonds. The van der Waals surface area contributed by atoms with E-state index in [-0.39, 0.29) is 17.9 Å². The van der Waals surface area contributed by atoms with E-state index in [0.717, 1.165) is 37.4 Å². The normalized spacial score (nSPS) is 21.6. The smallest absolute Gasteiger partial charge is 0.254 e. The number of likely N-dealkylation sites (tertiary alicyclic amines) is 1. The van der Waals surface area contributed by atoms with Crippen molar-refractivity contribution in [1.29, 1.82) is 0 Å². The van der Waals surface area contributed by atoms with E-state index in [1.54, 1.807) is 23.1 Å². The lowest BCUT2D eigenvalue weighted by Gasteiger charge is -2.32. The zero-order valence-electron chi connectivity index (χ0n) is 12.6. The standard InChI is InChI=1S/C16H18Cl2N2O2S/c17-12-8-11(9-13(18)10-12)15(21)20-3-1-2-14(20)16(22)19-4-6-23-7-5-19/h8-10,14H,1-7H2. The molecule has 2 aliphatic rings. The van der Waals surface area contributed by atoms with E-state index in [4.69, 9.17) is 23.2 Å². The summed E-state index contributed by atoms with van der Waals surface area (Å²) in [6.07, 6.45) is 1.57. The largest absolute Gasteiger partial charge is 0.339 e. The van der Waals surface area contributed by atoms with Gasteiger partial charge in [-0.2, -0.15) is 11.8 Å². The van der Waals surface area contributed by atoms with Crippen LogP contribution in [0.2, 0.25) is 10.0 Å². The maximum atomic E-state index is 12.8. The second-order valence-corrected chi connectivity index (χ2v) is 7.85. The van der Waals surface area contributed by atoms with Crippen LogP contribution in [0.1, 0.15) is 23.2 Å². The molecule has 2 heterocycles. The van der Waals surface area contributed by atoms with E-state index in [1.165, 1.54) is 0 Å². The van der Waals surface area contributed by atoms with E-state index < -0.39 is 0 Å². The topological polar surface area (TPSA) is 40.6 Å². The molecule has 0 saturated carbocycles. The number of amides is 2. The number of thioether (sulfide) groups is 1. The first-order valence-electron chi connectivity index (χ1n) is 7.70. The van der Waals surface area contributed by atoms with Gasteiger partial charge in [0.15, 0.2) is 0 Å². The second-order valence-electron chi connectivity index (χ2n) is 5.75. The van der Waals surface area contributed by atoms with E-state index in [2.05, 4.69) is 0 Å². The van der Waals surface area contributed by atoms with E-state index in [9.17, 15) is 9.59 Å². The van der Waals surface area contributed by atoms with Crippen LogP contribution in [-0.4, -0.2) is 58.8 Å². The lowest BCUT2D eigenvalue weighted by molar-refractivity contribution is -0.134. The molecule has 0 N–H and O–H groups in total. The quantitative estimate of drug-likeness (QED) is 0.800. The summed E-state index contributed by atoms with van der Waals surface area (Å²) in [4.78, 5) is 29.1. The SMILES string of the molecule is O=C(C1CCCN1C(=O)c1cc(Cl)cc(Cl)c1)N1CCSCC1. The van der Waals surface area contributed by atoms with Gasteiger partial charge in [0.1, 0.15) is 6.04 Å². The van der Waals surface area contributed by atoms with E-state index >= 15 is 0 Å². The van der Waals surface area contributed by atoms with Crippen LogP contribution in [0.3, 0.4) is 0 Å². The Hall–Kier alpha value is -0.910. The molecule has 0 aromatic heterocycles. The summed E-state index contributed by atoms with van der Waals surface area (Å²) in [5.74, 6) is 1.84. The molecular weight excluding hydrogens is 355 g/mol. The molecule has 0 spiro atoms. The molecule has 2 aliphatic heterocycles. The number of hydrogen-bond donors (Lipinski definition) is 0. The van der Waals surface area contributed by atoms with E-state index in [1.807, 2.05) is 16.7 Å². The van der Waals surface area contributed by atoms with Gasteiger partial charge in [-0.05, 0) is 31.0 Å². The second kappa shape index (κ2) is 7.32. The maximum Gasteiger partial charge on any atom is 0.254 e. The molecule has 0 radical (unpaired) electrons. The predicted molar refractivity (Wildman–Crippen MR) is 94.4 cm³/mol. The molecule has 0 bridgehead atoms. The third-order valence-electron chi connectivity index (χ3n) is 4.23. The van der Waals surface area contributed by atoms with Crippen molar-refractivity contribution in [2.45, 2.75) is 18.9 Å². The van der Waals surface area contributed by atoms with Gasteiger partial charge >= 0.3 is 0 Å². The Kier molecular flexibility index (Phi) is 5.39. The maximum absolute atomic E-state index is 12.8. The van der Waals surface area contributed by atoms with Crippen molar-refractivity contribution < 1.29 is 9.59 Å². The molecule has 3 rings (SSSR count).